The first-order chi connectivity index (χ1) is 7.65. The lowest BCUT2D eigenvalue weighted by Gasteiger charge is -2.10. The summed E-state index contributed by atoms with van der Waals surface area (Å²) in [4.78, 5) is 35.8. The Hall–Kier alpha value is -2.11. The average Bonchev–Trinajstić information content (AvgIpc) is 2.68. The molecule has 0 aliphatic carbocycles. The van der Waals surface area contributed by atoms with E-state index < -0.39 is 6.04 Å². The third kappa shape index (κ3) is 2.28. The number of nitrogens with one attached hydrogen (secondary N) is 3. The van der Waals surface area contributed by atoms with Crippen molar-refractivity contribution < 1.29 is 9.59 Å². The molecule has 6 heteroatoms. The van der Waals surface area contributed by atoms with Gasteiger partial charge >= 0.3 is 0 Å². The van der Waals surface area contributed by atoms with E-state index in [1.54, 1.807) is 0 Å². The molecule has 0 radical (unpaired) electrons. The van der Waals surface area contributed by atoms with Crippen LogP contribution in [0.25, 0.3) is 0 Å². The summed E-state index contributed by atoms with van der Waals surface area (Å²) in [5, 5.41) is 5.17. The van der Waals surface area contributed by atoms with Gasteiger partial charge in [0.05, 0.1) is 5.69 Å². The Balaban J connectivity index is 1.99. The number of H-pyrrole nitrogens is 1. The second-order valence-corrected chi connectivity index (χ2v) is 3.59. The molecule has 1 fully saturated rings. The summed E-state index contributed by atoms with van der Waals surface area (Å²) < 4.78 is 0. The third-order valence-corrected chi connectivity index (χ3v) is 2.36. The summed E-state index contributed by atoms with van der Waals surface area (Å²) in [6.07, 6.45) is 2.30. The number of carbonyl (C=O) groups is 2. The fourth-order valence-corrected chi connectivity index (χ4v) is 1.53. The second kappa shape index (κ2) is 4.18. The van der Waals surface area contributed by atoms with Crippen molar-refractivity contribution in [1.29, 1.82) is 0 Å². The molecule has 0 spiro atoms. The molecule has 1 saturated heterocycles. The Bertz CT molecular complexity index is 460. The number of hydrogen-bond donors (Lipinski definition) is 3. The number of amides is 2. The summed E-state index contributed by atoms with van der Waals surface area (Å²) in [5.74, 6) is -0.375. The summed E-state index contributed by atoms with van der Waals surface area (Å²) in [7, 11) is 0. The van der Waals surface area contributed by atoms with E-state index in [1.807, 2.05) is 0 Å². The third-order valence-electron chi connectivity index (χ3n) is 2.36. The van der Waals surface area contributed by atoms with Crippen LogP contribution in [0.5, 0.6) is 0 Å². The zero-order valence-corrected chi connectivity index (χ0v) is 8.45. The van der Waals surface area contributed by atoms with Gasteiger partial charge in [-0.1, -0.05) is 0 Å². The van der Waals surface area contributed by atoms with Crippen LogP contribution in [0.15, 0.2) is 23.1 Å². The molecule has 1 atom stereocenters. The van der Waals surface area contributed by atoms with Crippen LogP contribution in [0, 0.1) is 0 Å². The number of rotatable bonds is 2. The highest BCUT2D eigenvalue weighted by Crippen LogP contribution is 2.09. The molecular formula is C10H11N3O3. The predicted molar refractivity (Wildman–Crippen MR) is 56.9 cm³/mol. The fraction of sp³-hybridized carbons (Fsp3) is 0.300. The number of pyridine rings is 1. The van der Waals surface area contributed by atoms with E-state index >= 15 is 0 Å². The minimum absolute atomic E-state index is 0.110. The lowest BCUT2D eigenvalue weighted by atomic mass is 10.2. The zero-order valence-electron chi connectivity index (χ0n) is 8.45. The molecule has 0 bridgehead atoms. The van der Waals surface area contributed by atoms with Crippen molar-refractivity contribution in [2.24, 2.45) is 0 Å². The largest absolute Gasteiger partial charge is 0.344 e. The van der Waals surface area contributed by atoms with E-state index in [0.29, 0.717) is 18.5 Å². The van der Waals surface area contributed by atoms with Gasteiger partial charge in [0.1, 0.15) is 6.04 Å². The van der Waals surface area contributed by atoms with Gasteiger partial charge in [0.25, 0.3) is 0 Å². The first-order valence-corrected chi connectivity index (χ1v) is 4.94. The lowest BCUT2D eigenvalue weighted by molar-refractivity contribution is -0.122. The van der Waals surface area contributed by atoms with Crippen molar-refractivity contribution in [1.82, 2.24) is 10.3 Å². The smallest absolute Gasteiger partial charge is 0.248 e. The van der Waals surface area contributed by atoms with Gasteiger partial charge in [-0.05, 0) is 12.5 Å². The molecule has 1 aromatic rings. The van der Waals surface area contributed by atoms with Crippen LogP contribution in [0.3, 0.4) is 0 Å². The molecule has 1 aliphatic rings. The first kappa shape index (κ1) is 10.4. The fourth-order valence-electron chi connectivity index (χ4n) is 1.53. The van der Waals surface area contributed by atoms with Crippen molar-refractivity contribution in [3.8, 4) is 0 Å². The van der Waals surface area contributed by atoms with E-state index in [4.69, 9.17) is 0 Å². The number of carbonyl (C=O) groups excluding carboxylic acids is 2. The van der Waals surface area contributed by atoms with Gasteiger partial charge in [0.2, 0.25) is 17.4 Å². The topological polar surface area (TPSA) is 91.1 Å². The Kier molecular flexibility index (Phi) is 2.72. The van der Waals surface area contributed by atoms with Gasteiger partial charge in [-0.2, -0.15) is 0 Å². The minimum Gasteiger partial charge on any atom is -0.344 e. The quantitative estimate of drug-likeness (QED) is 0.634. The highest BCUT2D eigenvalue weighted by Gasteiger charge is 2.26. The summed E-state index contributed by atoms with van der Waals surface area (Å²) in [6.45, 7) is 0. The van der Waals surface area contributed by atoms with Gasteiger partial charge in [0, 0.05) is 18.7 Å². The minimum atomic E-state index is -0.473. The van der Waals surface area contributed by atoms with Gasteiger partial charge in [0.15, 0.2) is 0 Å². The van der Waals surface area contributed by atoms with Gasteiger partial charge in [-0.3, -0.25) is 14.4 Å². The van der Waals surface area contributed by atoms with Crippen LogP contribution < -0.4 is 16.2 Å². The van der Waals surface area contributed by atoms with Crippen molar-refractivity contribution >= 4 is 17.5 Å². The summed E-state index contributed by atoms with van der Waals surface area (Å²) in [6, 6.07) is 2.36. The monoisotopic (exact) mass is 221 g/mol. The van der Waals surface area contributed by atoms with E-state index in [0.717, 1.165) is 0 Å². The molecule has 6 nitrogen and oxygen atoms in total. The van der Waals surface area contributed by atoms with Crippen molar-refractivity contribution in [2.75, 3.05) is 5.32 Å². The Morgan fingerprint density at radius 1 is 1.38 bits per heavy atom. The van der Waals surface area contributed by atoms with Crippen LogP contribution in [-0.4, -0.2) is 22.8 Å². The maximum atomic E-state index is 11.6. The molecule has 2 heterocycles. The van der Waals surface area contributed by atoms with Crippen LogP contribution in [0.4, 0.5) is 5.69 Å². The molecular weight excluding hydrogens is 210 g/mol. The van der Waals surface area contributed by atoms with E-state index in [9.17, 15) is 14.4 Å². The molecule has 0 aromatic carbocycles. The highest BCUT2D eigenvalue weighted by molar-refractivity contribution is 5.98. The lowest BCUT2D eigenvalue weighted by Crippen LogP contribution is -2.37. The maximum absolute atomic E-state index is 11.6. The summed E-state index contributed by atoms with van der Waals surface area (Å²) >= 11 is 0. The van der Waals surface area contributed by atoms with Gasteiger partial charge in [-0.15, -0.1) is 0 Å². The van der Waals surface area contributed by atoms with Crippen molar-refractivity contribution in [3.05, 3.63) is 28.7 Å². The Morgan fingerprint density at radius 3 is 2.75 bits per heavy atom. The summed E-state index contributed by atoms with van der Waals surface area (Å²) in [5.41, 5.74) is 0.276. The van der Waals surface area contributed by atoms with Crippen LogP contribution >= 0.6 is 0 Å². The molecule has 3 N–H and O–H groups in total. The molecule has 2 amide bonds. The highest BCUT2D eigenvalue weighted by atomic mass is 16.2. The average molecular weight is 221 g/mol. The van der Waals surface area contributed by atoms with Crippen molar-refractivity contribution in [3.63, 3.8) is 0 Å². The molecule has 1 aromatic heterocycles. The molecule has 1 aliphatic heterocycles. The molecule has 84 valence electrons. The number of anilines is 1. The number of hydrogen-bond acceptors (Lipinski definition) is 3. The van der Waals surface area contributed by atoms with Gasteiger partial charge < -0.3 is 15.6 Å². The zero-order chi connectivity index (χ0) is 11.5. The number of aromatic nitrogens is 1. The molecule has 2 rings (SSSR count). The second-order valence-electron chi connectivity index (χ2n) is 3.59. The van der Waals surface area contributed by atoms with Crippen LogP contribution in [0.1, 0.15) is 12.8 Å². The molecule has 1 unspecified atom stereocenters. The van der Waals surface area contributed by atoms with Crippen molar-refractivity contribution in [2.45, 2.75) is 18.9 Å². The SMILES string of the molecule is O=C1CCC(C(=O)Nc2ccc(=O)[nH]c2)N1. The first-order valence-electron chi connectivity index (χ1n) is 4.94. The Morgan fingerprint density at radius 2 is 2.19 bits per heavy atom. The van der Waals surface area contributed by atoms with E-state index in [2.05, 4.69) is 15.6 Å². The van der Waals surface area contributed by atoms with Crippen LogP contribution in [-0.2, 0) is 9.59 Å². The normalized spacial score (nSPS) is 19.2. The van der Waals surface area contributed by atoms with Crippen LogP contribution in [0.2, 0.25) is 0 Å². The predicted octanol–water partition coefficient (Wildman–Crippen LogP) is -0.408. The van der Waals surface area contributed by atoms with Gasteiger partial charge in [-0.25, -0.2) is 0 Å². The molecule has 16 heavy (non-hydrogen) atoms. The Labute approximate surface area is 91.1 Å². The molecule has 0 saturated carbocycles. The van der Waals surface area contributed by atoms with E-state index in [-0.39, 0.29) is 17.4 Å². The van der Waals surface area contributed by atoms with E-state index in [1.165, 1.54) is 18.3 Å². The maximum Gasteiger partial charge on any atom is 0.248 e. The number of aromatic amines is 1. The standard InChI is InChI=1S/C10H11N3O3/c14-8-3-1-6(5-11-8)12-10(16)7-2-4-9(15)13-7/h1,3,5,7H,2,4H2,(H,11,14)(H,12,16)(H,13,15).